The highest BCUT2D eigenvalue weighted by atomic mass is 16.3. The summed E-state index contributed by atoms with van der Waals surface area (Å²) >= 11 is 0. The third-order valence-corrected chi connectivity index (χ3v) is 4.41. The third-order valence-electron chi connectivity index (χ3n) is 4.41. The lowest BCUT2D eigenvalue weighted by molar-refractivity contribution is 0.113. The zero-order chi connectivity index (χ0) is 13.0. The molecule has 0 aromatic rings. The van der Waals surface area contributed by atoms with Gasteiger partial charge in [-0.25, -0.2) is 4.79 Å². The zero-order valence-corrected chi connectivity index (χ0v) is 11.4. The molecule has 0 bridgehead atoms. The number of amides is 2. The average molecular weight is 254 g/mol. The van der Waals surface area contributed by atoms with Crippen LogP contribution in [-0.4, -0.2) is 41.8 Å². The Labute approximate surface area is 110 Å². The fraction of sp³-hybridized carbons (Fsp3) is 0.929. The second-order valence-electron chi connectivity index (χ2n) is 5.92. The summed E-state index contributed by atoms with van der Waals surface area (Å²) in [6.45, 7) is 0.680. The maximum atomic E-state index is 12.0. The van der Waals surface area contributed by atoms with Crippen LogP contribution in [-0.2, 0) is 0 Å². The summed E-state index contributed by atoms with van der Waals surface area (Å²) in [7, 11) is 1.84. The van der Waals surface area contributed by atoms with Crippen LogP contribution in [0.1, 0.15) is 51.4 Å². The molecule has 0 saturated heterocycles. The maximum Gasteiger partial charge on any atom is 0.317 e. The molecule has 2 aliphatic rings. The summed E-state index contributed by atoms with van der Waals surface area (Å²) in [6.07, 6.45) is 8.81. The van der Waals surface area contributed by atoms with Crippen LogP contribution in [0.3, 0.4) is 0 Å². The molecule has 0 aromatic carbocycles. The van der Waals surface area contributed by atoms with Gasteiger partial charge in [0.15, 0.2) is 0 Å². The van der Waals surface area contributed by atoms with Crippen molar-refractivity contribution in [3.05, 3.63) is 0 Å². The minimum atomic E-state index is -0.213. The topological polar surface area (TPSA) is 52.6 Å². The van der Waals surface area contributed by atoms with Gasteiger partial charge in [0.1, 0.15) is 0 Å². The lowest BCUT2D eigenvalue weighted by Gasteiger charge is -2.28. The molecule has 0 heterocycles. The van der Waals surface area contributed by atoms with Gasteiger partial charge in [0.2, 0.25) is 0 Å². The van der Waals surface area contributed by atoms with Gasteiger partial charge < -0.3 is 15.3 Å². The van der Waals surface area contributed by atoms with E-state index >= 15 is 0 Å². The van der Waals surface area contributed by atoms with E-state index < -0.39 is 0 Å². The molecule has 2 saturated carbocycles. The van der Waals surface area contributed by atoms with Gasteiger partial charge in [0.05, 0.1) is 6.10 Å². The Bertz CT molecular complexity index is 277. The van der Waals surface area contributed by atoms with Crippen LogP contribution in [0.2, 0.25) is 0 Å². The highest BCUT2D eigenvalue weighted by Crippen LogP contribution is 2.26. The molecule has 2 fully saturated rings. The molecular weight excluding hydrogens is 228 g/mol. The van der Waals surface area contributed by atoms with Crippen molar-refractivity contribution in [1.82, 2.24) is 10.2 Å². The van der Waals surface area contributed by atoms with Crippen LogP contribution in [0.25, 0.3) is 0 Å². The molecule has 4 nitrogen and oxygen atoms in total. The van der Waals surface area contributed by atoms with Gasteiger partial charge in [0.25, 0.3) is 0 Å². The molecule has 2 aliphatic carbocycles. The first-order chi connectivity index (χ1) is 8.66. The lowest BCUT2D eigenvalue weighted by Crippen LogP contribution is -2.45. The van der Waals surface area contributed by atoms with E-state index in [2.05, 4.69) is 5.32 Å². The van der Waals surface area contributed by atoms with Crippen LogP contribution in [0, 0.1) is 5.92 Å². The normalized spacial score (nSPS) is 29.2. The fourth-order valence-electron chi connectivity index (χ4n) is 3.20. The first-order valence-corrected chi connectivity index (χ1v) is 7.36. The van der Waals surface area contributed by atoms with Gasteiger partial charge in [-0.2, -0.15) is 0 Å². The number of hydrogen-bond donors (Lipinski definition) is 2. The van der Waals surface area contributed by atoms with Gasteiger partial charge in [-0.3, -0.25) is 0 Å². The Kier molecular flexibility index (Phi) is 4.87. The number of aliphatic hydroxyl groups excluding tert-OH is 1. The van der Waals surface area contributed by atoms with Crippen molar-refractivity contribution in [2.45, 2.75) is 63.5 Å². The minimum absolute atomic E-state index is 0.0287. The Balaban J connectivity index is 1.73. The molecular formula is C14H26N2O2. The quantitative estimate of drug-likeness (QED) is 0.810. The summed E-state index contributed by atoms with van der Waals surface area (Å²) in [5.74, 6) is 0.270. The molecule has 4 heteroatoms. The standard InChI is InChI=1S/C14H26N2O2/c1-16(10-11-6-5-9-13(11)17)14(18)15-12-7-3-2-4-8-12/h11-13,17H,2-10H2,1H3,(H,15,18). The van der Waals surface area contributed by atoms with E-state index in [4.69, 9.17) is 0 Å². The van der Waals surface area contributed by atoms with Gasteiger partial charge in [-0.15, -0.1) is 0 Å². The van der Waals surface area contributed by atoms with E-state index in [1.165, 1.54) is 19.3 Å². The maximum absolute atomic E-state index is 12.0. The number of nitrogens with zero attached hydrogens (tertiary/aromatic N) is 1. The second kappa shape index (κ2) is 6.41. The van der Waals surface area contributed by atoms with Crippen molar-refractivity contribution in [1.29, 1.82) is 0 Å². The van der Waals surface area contributed by atoms with Crippen LogP contribution in [0.4, 0.5) is 4.79 Å². The van der Waals surface area contributed by atoms with E-state index in [9.17, 15) is 9.90 Å². The van der Waals surface area contributed by atoms with E-state index in [1.807, 2.05) is 7.05 Å². The minimum Gasteiger partial charge on any atom is -0.393 e. The monoisotopic (exact) mass is 254 g/mol. The van der Waals surface area contributed by atoms with Crippen molar-refractivity contribution in [3.63, 3.8) is 0 Å². The first kappa shape index (κ1) is 13.7. The number of carbonyl (C=O) groups excluding carboxylic acids is 1. The number of carbonyl (C=O) groups is 1. The highest BCUT2D eigenvalue weighted by molar-refractivity contribution is 5.74. The Hall–Kier alpha value is -0.770. The smallest absolute Gasteiger partial charge is 0.317 e. The SMILES string of the molecule is CN(CC1CCCC1O)C(=O)NC1CCCCC1. The Morgan fingerprint density at radius 1 is 1.17 bits per heavy atom. The van der Waals surface area contributed by atoms with Crippen LogP contribution >= 0.6 is 0 Å². The van der Waals surface area contributed by atoms with Crippen molar-refractivity contribution < 1.29 is 9.90 Å². The molecule has 0 aliphatic heterocycles. The Morgan fingerprint density at radius 2 is 1.89 bits per heavy atom. The average Bonchev–Trinajstić information content (AvgIpc) is 2.76. The van der Waals surface area contributed by atoms with Crippen LogP contribution < -0.4 is 5.32 Å². The number of rotatable bonds is 3. The predicted octanol–water partition coefficient (Wildman–Crippen LogP) is 2.12. The lowest BCUT2D eigenvalue weighted by atomic mass is 9.96. The van der Waals surface area contributed by atoms with Crippen molar-refractivity contribution in [3.8, 4) is 0 Å². The van der Waals surface area contributed by atoms with Gasteiger partial charge in [-0.1, -0.05) is 25.7 Å². The van der Waals surface area contributed by atoms with E-state index in [0.717, 1.165) is 32.1 Å². The zero-order valence-electron chi connectivity index (χ0n) is 11.4. The summed E-state index contributed by atoms with van der Waals surface area (Å²) in [4.78, 5) is 13.8. The molecule has 2 atom stereocenters. The first-order valence-electron chi connectivity index (χ1n) is 7.36. The second-order valence-corrected chi connectivity index (χ2v) is 5.92. The molecule has 2 unspecified atom stereocenters. The van der Waals surface area contributed by atoms with Crippen LogP contribution in [0.15, 0.2) is 0 Å². The number of aliphatic hydroxyl groups is 1. The number of urea groups is 1. The summed E-state index contributed by atoms with van der Waals surface area (Å²) in [5.41, 5.74) is 0. The largest absolute Gasteiger partial charge is 0.393 e. The van der Waals surface area contributed by atoms with Gasteiger partial charge in [-0.05, 0) is 25.7 Å². The summed E-state index contributed by atoms with van der Waals surface area (Å²) < 4.78 is 0. The molecule has 2 rings (SSSR count). The summed E-state index contributed by atoms with van der Waals surface area (Å²) in [6, 6.07) is 0.392. The van der Waals surface area contributed by atoms with E-state index in [-0.39, 0.29) is 18.1 Å². The van der Waals surface area contributed by atoms with Crippen molar-refractivity contribution in [2.24, 2.45) is 5.92 Å². The number of hydrogen-bond acceptors (Lipinski definition) is 2. The van der Waals surface area contributed by atoms with Crippen molar-refractivity contribution in [2.75, 3.05) is 13.6 Å². The summed E-state index contributed by atoms with van der Waals surface area (Å²) in [5, 5.41) is 12.9. The molecule has 0 aromatic heterocycles. The third kappa shape index (κ3) is 3.61. The van der Waals surface area contributed by atoms with Crippen molar-refractivity contribution >= 4 is 6.03 Å². The van der Waals surface area contributed by atoms with E-state index in [0.29, 0.717) is 12.6 Å². The molecule has 104 valence electrons. The Morgan fingerprint density at radius 3 is 2.50 bits per heavy atom. The van der Waals surface area contributed by atoms with Gasteiger partial charge in [0, 0.05) is 25.6 Å². The molecule has 0 radical (unpaired) electrons. The molecule has 2 N–H and O–H groups in total. The van der Waals surface area contributed by atoms with Crippen LogP contribution in [0.5, 0.6) is 0 Å². The van der Waals surface area contributed by atoms with E-state index in [1.54, 1.807) is 4.90 Å². The van der Waals surface area contributed by atoms with Gasteiger partial charge >= 0.3 is 6.03 Å². The predicted molar refractivity (Wildman–Crippen MR) is 71.4 cm³/mol. The molecule has 18 heavy (non-hydrogen) atoms. The fourth-order valence-corrected chi connectivity index (χ4v) is 3.20. The number of nitrogens with one attached hydrogen (secondary N) is 1. The molecule has 0 spiro atoms. The highest BCUT2D eigenvalue weighted by Gasteiger charge is 2.28. The molecule has 2 amide bonds.